The number of H-pyrrole nitrogens is 1. The van der Waals surface area contributed by atoms with E-state index < -0.39 is 11.6 Å². The molecule has 1 N–H and O–H groups in total. The summed E-state index contributed by atoms with van der Waals surface area (Å²) in [7, 11) is 0. The highest BCUT2D eigenvalue weighted by Crippen LogP contribution is 2.13. The average Bonchev–Trinajstić information content (AvgIpc) is 2.98. The molecular weight excluding hydrogens is 328 g/mol. The third-order valence-corrected chi connectivity index (χ3v) is 4.31. The summed E-state index contributed by atoms with van der Waals surface area (Å²) in [5.74, 6) is -2.36. The van der Waals surface area contributed by atoms with Gasteiger partial charge in [0.1, 0.15) is 0 Å². The first-order chi connectivity index (χ1) is 12.0. The van der Waals surface area contributed by atoms with Gasteiger partial charge in [0.05, 0.1) is 6.42 Å². The monoisotopic (exact) mass is 347 g/mol. The zero-order valence-corrected chi connectivity index (χ0v) is 13.7. The summed E-state index contributed by atoms with van der Waals surface area (Å²) < 4.78 is 26.4. The number of nitrogens with one attached hydrogen (secondary N) is 1. The lowest BCUT2D eigenvalue weighted by Crippen LogP contribution is -2.38. The molecular formula is C18H19F2N3O2. The molecule has 2 amide bonds. The minimum atomic E-state index is -1.04. The van der Waals surface area contributed by atoms with E-state index >= 15 is 0 Å². The van der Waals surface area contributed by atoms with Crippen LogP contribution in [0.3, 0.4) is 0 Å². The standard InChI is InChI=1S/C18H19F2N3O2/c19-15-5-4-13(11-16(15)20)18(25)23-8-2-7-22(9-10-23)17(24)12-14-3-1-6-21-14/h1,3-6,11,21H,2,7-10,12H2. The summed E-state index contributed by atoms with van der Waals surface area (Å²) in [5.41, 5.74) is 0.967. The topological polar surface area (TPSA) is 56.4 Å². The van der Waals surface area contributed by atoms with Crippen LogP contribution in [0.15, 0.2) is 36.5 Å². The number of carbonyl (C=O) groups is 2. The Morgan fingerprint density at radius 1 is 1.00 bits per heavy atom. The lowest BCUT2D eigenvalue weighted by atomic mass is 10.2. The van der Waals surface area contributed by atoms with Gasteiger partial charge in [0, 0.05) is 43.6 Å². The van der Waals surface area contributed by atoms with Crippen LogP contribution in [0.5, 0.6) is 0 Å². The lowest BCUT2D eigenvalue weighted by Gasteiger charge is -2.22. The first-order valence-corrected chi connectivity index (χ1v) is 8.19. The summed E-state index contributed by atoms with van der Waals surface area (Å²) >= 11 is 0. The van der Waals surface area contributed by atoms with Crippen molar-refractivity contribution >= 4 is 11.8 Å². The molecule has 1 fully saturated rings. The molecule has 3 rings (SSSR count). The van der Waals surface area contributed by atoms with Gasteiger partial charge < -0.3 is 14.8 Å². The van der Waals surface area contributed by atoms with Crippen molar-refractivity contribution in [2.24, 2.45) is 0 Å². The van der Waals surface area contributed by atoms with Crippen molar-refractivity contribution in [3.05, 3.63) is 59.4 Å². The van der Waals surface area contributed by atoms with Crippen LogP contribution in [-0.4, -0.2) is 52.8 Å². The van der Waals surface area contributed by atoms with Gasteiger partial charge in [-0.25, -0.2) is 8.78 Å². The summed E-state index contributed by atoms with van der Waals surface area (Å²) in [6.45, 7) is 1.84. The number of rotatable bonds is 3. The van der Waals surface area contributed by atoms with E-state index in [9.17, 15) is 18.4 Å². The molecule has 1 aromatic heterocycles. The van der Waals surface area contributed by atoms with Gasteiger partial charge >= 0.3 is 0 Å². The molecule has 1 aliphatic rings. The van der Waals surface area contributed by atoms with E-state index in [1.165, 1.54) is 6.07 Å². The summed E-state index contributed by atoms with van der Waals surface area (Å²) in [6.07, 6.45) is 2.71. The third-order valence-electron chi connectivity index (χ3n) is 4.31. The Morgan fingerprint density at radius 2 is 1.76 bits per heavy atom. The van der Waals surface area contributed by atoms with E-state index in [1.54, 1.807) is 16.0 Å². The van der Waals surface area contributed by atoms with E-state index in [-0.39, 0.29) is 17.4 Å². The molecule has 0 unspecified atom stereocenters. The average molecular weight is 347 g/mol. The molecule has 1 aliphatic heterocycles. The molecule has 1 saturated heterocycles. The zero-order chi connectivity index (χ0) is 17.8. The summed E-state index contributed by atoms with van der Waals surface area (Å²) in [5, 5.41) is 0. The number of hydrogen-bond donors (Lipinski definition) is 1. The van der Waals surface area contributed by atoms with Gasteiger partial charge in [-0.3, -0.25) is 9.59 Å². The number of carbonyl (C=O) groups excluding carboxylic acids is 2. The molecule has 5 nitrogen and oxygen atoms in total. The van der Waals surface area contributed by atoms with Crippen LogP contribution in [0.4, 0.5) is 8.78 Å². The van der Waals surface area contributed by atoms with Gasteiger partial charge in [-0.05, 0) is 36.8 Å². The van der Waals surface area contributed by atoms with Crippen molar-refractivity contribution in [2.45, 2.75) is 12.8 Å². The Morgan fingerprint density at radius 3 is 2.48 bits per heavy atom. The van der Waals surface area contributed by atoms with Crippen molar-refractivity contribution < 1.29 is 18.4 Å². The van der Waals surface area contributed by atoms with E-state index in [2.05, 4.69) is 4.98 Å². The smallest absolute Gasteiger partial charge is 0.254 e. The van der Waals surface area contributed by atoms with Crippen molar-refractivity contribution in [3.63, 3.8) is 0 Å². The zero-order valence-electron chi connectivity index (χ0n) is 13.7. The fourth-order valence-corrected chi connectivity index (χ4v) is 2.93. The van der Waals surface area contributed by atoms with Gasteiger partial charge in [-0.2, -0.15) is 0 Å². The van der Waals surface area contributed by atoms with Crippen molar-refractivity contribution in [1.29, 1.82) is 0 Å². The maximum absolute atomic E-state index is 13.3. The molecule has 25 heavy (non-hydrogen) atoms. The molecule has 7 heteroatoms. The van der Waals surface area contributed by atoms with Gasteiger partial charge in [-0.1, -0.05) is 0 Å². The van der Waals surface area contributed by atoms with E-state index in [4.69, 9.17) is 0 Å². The van der Waals surface area contributed by atoms with Gasteiger partial charge in [0.15, 0.2) is 11.6 Å². The molecule has 2 heterocycles. The molecule has 0 spiro atoms. The second-order valence-electron chi connectivity index (χ2n) is 6.03. The normalized spacial score (nSPS) is 15.1. The van der Waals surface area contributed by atoms with E-state index in [1.807, 2.05) is 12.1 Å². The highest BCUT2D eigenvalue weighted by Gasteiger charge is 2.23. The molecule has 1 aromatic carbocycles. The minimum absolute atomic E-state index is 0.00424. The second kappa shape index (κ2) is 7.46. The Labute approximate surface area is 144 Å². The number of benzene rings is 1. The Hall–Kier alpha value is -2.70. The summed E-state index contributed by atoms with van der Waals surface area (Å²) in [4.78, 5) is 31.2. The molecule has 0 aliphatic carbocycles. The van der Waals surface area contributed by atoms with Crippen LogP contribution >= 0.6 is 0 Å². The van der Waals surface area contributed by atoms with Crippen LogP contribution in [0, 0.1) is 11.6 Å². The fourth-order valence-electron chi connectivity index (χ4n) is 2.93. The highest BCUT2D eigenvalue weighted by molar-refractivity contribution is 5.94. The number of amides is 2. The predicted molar refractivity (Wildman–Crippen MR) is 88.0 cm³/mol. The Bertz CT molecular complexity index is 762. The third kappa shape index (κ3) is 4.04. The largest absolute Gasteiger partial charge is 0.365 e. The molecule has 2 aromatic rings. The predicted octanol–water partition coefficient (Wildman–Crippen LogP) is 2.21. The minimum Gasteiger partial charge on any atom is -0.365 e. The van der Waals surface area contributed by atoms with Crippen molar-refractivity contribution in [1.82, 2.24) is 14.8 Å². The first kappa shape index (κ1) is 17.1. The van der Waals surface area contributed by atoms with Crippen LogP contribution in [0.25, 0.3) is 0 Å². The molecule has 0 atom stereocenters. The number of hydrogen-bond acceptors (Lipinski definition) is 2. The maximum atomic E-state index is 13.3. The molecule has 0 saturated carbocycles. The van der Waals surface area contributed by atoms with Gasteiger partial charge in [-0.15, -0.1) is 0 Å². The number of aromatic nitrogens is 1. The van der Waals surface area contributed by atoms with Gasteiger partial charge in [0.25, 0.3) is 5.91 Å². The maximum Gasteiger partial charge on any atom is 0.254 e. The Kier molecular flexibility index (Phi) is 5.11. The summed E-state index contributed by atoms with van der Waals surface area (Å²) in [6, 6.07) is 6.84. The van der Waals surface area contributed by atoms with Gasteiger partial charge in [0.2, 0.25) is 5.91 Å². The van der Waals surface area contributed by atoms with E-state index in [0.29, 0.717) is 39.0 Å². The van der Waals surface area contributed by atoms with Crippen LogP contribution < -0.4 is 0 Å². The second-order valence-corrected chi connectivity index (χ2v) is 6.03. The van der Waals surface area contributed by atoms with Crippen LogP contribution in [0.2, 0.25) is 0 Å². The molecule has 132 valence electrons. The molecule has 0 bridgehead atoms. The Balaban J connectivity index is 1.61. The lowest BCUT2D eigenvalue weighted by molar-refractivity contribution is -0.130. The number of aromatic amines is 1. The van der Waals surface area contributed by atoms with Crippen molar-refractivity contribution in [3.8, 4) is 0 Å². The quantitative estimate of drug-likeness (QED) is 0.926. The van der Waals surface area contributed by atoms with Crippen molar-refractivity contribution in [2.75, 3.05) is 26.2 Å². The number of halogens is 2. The fraction of sp³-hybridized carbons (Fsp3) is 0.333. The van der Waals surface area contributed by atoms with Crippen LogP contribution in [0.1, 0.15) is 22.5 Å². The first-order valence-electron chi connectivity index (χ1n) is 8.19. The van der Waals surface area contributed by atoms with Crippen LogP contribution in [-0.2, 0) is 11.2 Å². The highest BCUT2D eigenvalue weighted by atomic mass is 19.2. The van der Waals surface area contributed by atoms with E-state index in [0.717, 1.165) is 17.8 Å². The SMILES string of the molecule is O=C(Cc1ccc[nH]1)N1CCCN(C(=O)c2ccc(F)c(F)c2)CC1. The number of nitrogens with zero attached hydrogens (tertiary/aromatic N) is 2. The molecule has 0 radical (unpaired) electrons.